The number of carbonyl (C=O) groups is 1. The summed E-state index contributed by atoms with van der Waals surface area (Å²) in [7, 11) is 0. The zero-order valence-corrected chi connectivity index (χ0v) is 13.8. The van der Waals surface area contributed by atoms with E-state index < -0.39 is 0 Å². The molecule has 0 atom stereocenters. The maximum atomic E-state index is 12.2. The van der Waals surface area contributed by atoms with Gasteiger partial charge < -0.3 is 15.2 Å². The van der Waals surface area contributed by atoms with Gasteiger partial charge in [-0.3, -0.25) is 9.78 Å². The summed E-state index contributed by atoms with van der Waals surface area (Å²) in [6, 6.07) is 11.1. The van der Waals surface area contributed by atoms with Crippen molar-refractivity contribution in [2.45, 2.75) is 6.92 Å². The molecule has 2 N–H and O–H groups in total. The molecule has 0 unspecified atom stereocenters. The van der Waals surface area contributed by atoms with Crippen LogP contribution in [0.4, 0.5) is 17.2 Å². The molecule has 0 aliphatic carbocycles. The fourth-order valence-corrected chi connectivity index (χ4v) is 2.35. The Morgan fingerprint density at radius 2 is 2.04 bits per heavy atom. The largest absolute Gasteiger partial charge is 0.360 e. The Hall–Kier alpha value is -2.67. The van der Waals surface area contributed by atoms with E-state index in [1.807, 2.05) is 24.3 Å². The van der Waals surface area contributed by atoms with Crippen molar-refractivity contribution in [3.63, 3.8) is 0 Å². The van der Waals surface area contributed by atoms with Crippen LogP contribution in [0.15, 0.2) is 57.8 Å². The van der Waals surface area contributed by atoms with Crippen LogP contribution in [0.5, 0.6) is 0 Å². The highest BCUT2D eigenvalue weighted by molar-refractivity contribution is 9.10. The number of rotatable bonds is 4. The van der Waals surface area contributed by atoms with Crippen molar-refractivity contribution >= 4 is 39.0 Å². The van der Waals surface area contributed by atoms with Crippen molar-refractivity contribution in [3.05, 3.63) is 64.6 Å². The van der Waals surface area contributed by atoms with E-state index in [1.165, 1.54) is 6.20 Å². The lowest BCUT2D eigenvalue weighted by Gasteiger charge is -2.09. The van der Waals surface area contributed by atoms with E-state index >= 15 is 0 Å². The van der Waals surface area contributed by atoms with E-state index in [9.17, 15) is 4.79 Å². The molecule has 0 saturated heterocycles. The highest BCUT2D eigenvalue weighted by Crippen LogP contribution is 2.25. The third-order valence-corrected chi connectivity index (χ3v) is 3.71. The minimum atomic E-state index is -0.304. The van der Waals surface area contributed by atoms with Gasteiger partial charge in [0.1, 0.15) is 5.76 Å². The number of amides is 1. The highest BCUT2D eigenvalue weighted by atomic mass is 79.9. The number of pyridine rings is 1. The van der Waals surface area contributed by atoms with Gasteiger partial charge in [-0.25, -0.2) is 0 Å². The number of nitrogens with one attached hydrogen (secondary N) is 2. The molecule has 2 aromatic heterocycles. The summed E-state index contributed by atoms with van der Waals surface area (Å²) in [5.74, 6) is 0.695. The fraction of sp³-hybridized carbons (Fsp3) is 0.0625. The number of aromatic nitrogens is 2. The number of hydrogen-bond donors (Lipinski definition) is 2. The molecule has 3 aromatic rings. The third-order valence-electron chi connectivity index (χ3n) is 3.02. The average molecular weight is 373 g/mol. The van der Waals surface area contributed by atoms with Gasteiger partial charge in [0, 0.05) is 16.7 Å². The predicted octanol–water partition coefficient (Wildman–Crippen LogP) is 4.14. The van der Waals surface area contributed by atoms with Crippen LogP contribution in [0.3, 0.4) is 0 Å². The lowest BCUT2D eigenvalue weighted by atomic mass is 10.2. The zero-order valence-electron chi connectivity index (χ0n) is 12.2. The molecule has 116 valence electrons. The topological polar surface area (TPSA) is 80.0 Å². The molecule has 0 aliphatic rings. The molecule has 1 amide bonds. The van der Waals surface area contributed by atoms with Gasteiger partial charge in [-0.15, -0.1) is 0 Å². The van der Waals surface area contributed by atoms with Crippen LogP contribution in [0.2, 0.25) is 0 Å². The normalized spacial score (nSPS) is 10.3. The van der Waals surface area contributed by atoms with Crippen LogP contribution in [0.1, 0.15) is 16.1 Å². The minimum absolute atomic E-state index is 0.304. The number of benzene rings is 1. The van der Waals surface area contributed by atoms with Crippen LogP contribution in [-0.4, -0.2) is 16.0 Å². The number of halogens is 1. The van der Waals surface area contributed by atoms with Gasteiger partial charge in [0.25, 0.3) is 5.91 Å². The summed E-state index contributed by atoms with van der Waals surface area (Å²) in [6.07, 6.45) is 3.14. The molecule has 2 heterocycles. The Labute approximate surface area is 141 Å². The Kier molecular flexibility index (Phi) is 4.38. The summed E-state index contributed by atoms with van der Waals surface area (Å²) in [5.41, 5.74) is 2.02. The van der Waals surface area contributed by atoms with E-state index in [2.05, 4.69) is 36.7 Å². The van der Waals surface area contributed by atoms with Crippen molar-refractivity contribution < 1.29 is 9.32 Å². The van der Waals surface area contributed by atoms with Gasteiger partial charge >= 0.3 is 0 Å². The zero-order chi connectivity index (χ0) is 16.2. The molecule has 1 aromatic carbocycles. The number of nitrogens with zero attached hydrogens (tertiary/aromatic N) is 2. The van der Waals surface area contributed by atoms with Crippen LogP contribution in [0.25, 0.3) is 0 Å². The van der Waals surface area contributed by atoms with Crippen LogP contribution in [0, 0.1) is 6.92 Å². The Balaban J connectivity index is 1.77. The van der Waals surface area contributed by atoms with E-state index in [-0.39, 0.29) is 5.91 Å². The minimum Gasteiger partial charge on any atom is -0.360 e. The number of aryl methyl sites for hydroxylation is 1. The standard InChI is InChI=1S/C16H13BrN4O2/c1-10-6-15(21-23-10)20-16(22)11-7-12(9-18-8-11)19-14-5-3-2-4-13(14)17/h2-9,19H,1H3,(H,20,21,22). The first kappa shape index (κ1) is 15.2. The molecule has 7 heteroatoms. The van der Waals surface area contributed by atoms with Crippen molar-refractivity contribution in [1.29, 1.82) is 0 Å². The van der Waals surface area contributed by atoms with E-state index in [0.29, 0.717) is 22.8 Å². The number of para-hydroxylation sites is 1. The van der Waals surface area contributed by atoms with Crippen molar-refractivity contribution in [1.82, 2.24) is 10.1 Å². The van der Waals surface area contributed by atoms with E-state index in [0.717, 1.165) is 10.2 Å². The molecule has 0 spiro atoms. The second kappa shape index (κ2) is 6.62. The summed E-state index contributed by atoms with van der Waals surface area (Å²) >= 11 is 3.47. The molecule has 0 bridgehead atoms. The Morgan fingerprint density at radius 3 is 2.78 bits per heavy atom. The van der Waals surface area contributed by atoms with Gasteiger partial charge in [0.15, 0.2) is 5.82 Å². The van der Waals surface area contributed by atoms with E-state index in [1.54, 1.807) is 25.3 Å². The van der Waals surface area contributed by atoms with Crippen LogP contribution < -0.4 is 10.6 Å². The number of carbonyl (C=O) groups excluding carboxylic acids is 1. The Morgan fingerprint density at radius 1 is 1.22 bits per heavy atom. The SMILES string of the molecule is Cc1cc(NC(=O)c2cncc(Nc3ccccc3Br)c2)no1. The first-order valence-corrected chi connectivity index (χ1v) is 7.62. The number of hydrogen-bond acceptors (Lipinski definition) is 5. The molecule has 0 aliphatic heterocycles. The average Bonchev–Trinajstić information content (AvgIpc) is 2.95. The second-order valence-corrected chi connectivity index (χ2v) is 5.70. The molecule has 0 fully saturated rings. The molecular weight excluding hydrogens is 360 g/mol. The maximum Gasteiger partial charge on any atom is 0.258 e. The molecule has 0 saturated carbocycles. The van der Waals surface area contributed by atoms with Crippen molar-refractivity contribution in [2.24, 2.45) is 0 Å². The summed E-state index contributed by atoms with van der Waals surface area (Å²) < 4.78 is 5.84. The van der Waals surface area contributed by atoms with Crippen molar-refractivity contribution in [2.75, 3.05) is 10.6 Å². The first-order chi connectivity index (χ1) is 11.1. The second-order valence-electron chi connectivity index (χ2n) is 4.84. The van der Waals surface area contributed by atoms with Gasteiger partial charge in [-0.05, 0) is 41.1 Å². The lowest BCUT2D eigenvalue weighted by molar-refractivity contribution is 0.102. The third kappa shape index (κ3) is 3.75. The quantitative estimate of drug-likeness (QED) is 0.719. The summed E-state index contributed by atoms with van der Waals surface area (Å²) in [6.45, 7) is 1.76. The van der Waals surface area contributed by atoms with Crippen LogP contribution in [-0.2, 0) is 0 Å². The molecule has 6 nitrogen and oxygen atoms in total. The van der Waals surface area contributed by atoms with Gasteiger partial charge in [0.2, 0.25) is 0 Å². The number of anilines is 3. The molecule has 0 radical (unpaired) electrons. The van der Waals surface area contributed by atoms with Gasteiger partial charge in [-0.2, -0.15) is 0 Å². The first-order valence-electron chi connectivity index (χ1n) is 6.83. The van der Waals surface area contributed by atoms with Gasteiger partial charge in [-0.1, -0.05) is 17.3 Å². The molecule has 3 rings (SSSR count). The molecule has 23 heavy (non-hydrogen) atoms. The van der Waals surface area contributed by atoms with Gasteiger partial charge in [0.05, 0.1) is 23.1 Å². The maximum absolute atomic E-state index is 12.2. The summed E-state index contributed by atoms with van der Waals surface area (Å²) in [5, 5.41) is 9.61. The highest BCUT2D eigenvalue weighted by Gasteiger charge is 2.10. The van der Waals surface area contributed by atoms with E-state index in [4.69, 9.17) is 4.52 Å². The predicted molar refractivity (Wildman–Crippen MR) is 90.9 cm³/mol. The Bertz CT molecular complexity index is 847. The monoisotopic (exact) mass is 372 g/mol. The van der Waals surface area contributed by atoms with Crippen LogP contribution >= 0.6 is 15.9 Å². The summed E-state index contributed by atoms with van der Waals surface area (Å²) in [4.78, 5) is 16.3. The van der Waals surface area contributed by atoms with Crippen molar-refractivity contribution in [3.8, 4) is 0 Å². The molecular formula is C16H13BrN4O2. The fourth-order valence-electron chi connectivity index (χ4n) is 1.96. The smallest absolute Gasteiger partial charge is 0.258 e. The lowest BCUT2D eigenvalue weighted by Crippen LogP contribution is -2.12.